The summed E-state index contributed by atoms with van der Waals surface area (Å²) in [6, 6.07) is 8.67. The highest BCUT2D eigenvalue weighted by Gasteiger charge is 2.25. The number of nitrogens with zero attached hydrogens (tertiary/aromatic N) is 2. The average molecular weight is 548 g/mol. The summed E-state index contributed by atoms with van der Waals surface area (Å²) < 4.78 is 11.2. The summed E-state index contributed by atoms with van der Waals surface area (Å²) in [5.74, 6) is 0.343. The molecule has 0 spiro atoms. The van der Waals surface area contributed by atoms with Gasteiger partial charge in [-0.2, -0.15) is 0 Å². The summed E-state index contributed by atoms with van der Waals surface area (Å²) in [7, 11) is 1.43. The number of hydrogen-bond acceptors (Lipinski definition) is 7. The fourth-order valence-electron chi connectivity index (χ4n) is 4.67. The van der Waals surface area contributed by atoms with E-state index in [1.54, 1.807) is 6.08 Å². The van der Waals surface area contributed by atoms with Gasteiger partial charge in [0.25, 0.3) is 11.6 Å². The second-order valence-electron chi connectivity index (χ2n) is 9.55. The van der Waals surface area contributed by atoms with E-state index in [-0.39, 0.29) is 24.0 Å². The van der Waals surface area contributed by atoms with E-state index in [0.717, 1.165) is 60.9 Å². The number of amides is 1. The lowest BCUT2D eigenvalue weighted by Gasteiger charge is -2.13. The van der Waals surface area contributed by atoms with Crippen LogP contribution in [0.5, 0.6) is 11.5 Å². The first kappa shape index (κ1) is 28.0. The molecule has 1 N–H and O–H groups in total. The minimum absolute atomic E-state index is 0.148. The van der Waals surface area contributed by atoms with Gasteiger partial charge in [-0.05, 0) is 62.3 Å². The van der Waals surface area contributed by atoms with Crippen LogP contribution in [0, 0.1) is 24.0 Å². The Morgan fingerprint density at radius 2 is 1.95 bits per heavy atom. The maximum atomic E-state index is 13.8. The van der Waals surface area contributed by atoms with E-state index in [4.69, 9.17) is 14.5 Å². The van der Waals surface area contributed by atoms with Crippen LogP contribution < -0.4 is 14.8 Å². The number of non-ortho nitro benzene ring substituents is 1. The number of aryl methyl sites for hydroxylation is 3. The van der Waals surface area contributed by atoms with Crippen LogP contribution in [-0.4, -0.2) is 30.8 Å². The molecule has 8 nitrogen and oxygen atoms in total. The Bertz CT molecular complexity index is 1430. The zero-order chi connectivity index (χ0) is 27.9. The van der Waals surface area contributed by atoms with Gasteiger partial charge in [0.2, 0.25) is 0 Å². The molecule has 0 radical (unpaired) electrons. The number of ether oxygens (including phenoxy) is 2. The Hall–Kier alpha value is -3.98. The van der Waals surface area contributed by atoms with E-state index in [9.17, 15) is 14.9 Å². The first-order valence-electron chi connectivity index (χ1n) is 13.0. The number of rotatable bonds is 9. The van der Waals surface area contributed by atoms with Crippen LogP contribution in [0.3, 0.4) is 0 Å². The van der Waals surface area contributed by atoms with Crippen molar-refractivity contribution in [2.45, 2.75) is 52.4 Å². The molecule has 2 aromatic carbocycles. The van der Waals surface area contributed by atoms with Crippen molar-refractivity contribution < 1.29 is 19.2 Å². The van der Waals surface area contributed by atoms with Gasteiger partial charge in [-0.15, -0.1) is 11.3 Å². The zero-order valence-electron chi connectivity index (χ0n) is 22.5. The fourth-order valence-corrected chi connectivity index (χ4v) is 5.90. The number of benzene rings is 2. The number of nitro benzene ring substituents is 1. The van der Waals surface area contributed by atoms with Gasteiger partial charge in [0, 0.05) is 28.4 Å². The van der Waals surface area contributed by atoms with Crippen molar-refractivity contribution in [3.8, 4) is 11.5 Å². The summed E-state index contributed by atoms with van der Waals surface area (Å²) in [4.78, 5) is 30.8. The number of thiophene rings is 1. The molecule has 0 saturated heterocycles. The third-order valence-electron chi connectivity index (χ3n) is 6.69. The van der Waals surface area contributed by atoms with Crippen LogP contribution in [0.1, 0.15) is 63.2 Å². The molecule has 1 aliphatic carbocycles. The summed E-state index contributed by atoms with van der Waals surface area (Å²) >= 11 is 1.51. The molecule has 4 rings (SSSR count). The van der Waals surface area contributed by atoms with Gasteiger partial charge in [0.05, 0.1) is 23.7 Å². The molecule has 9 heteroatoms. The maximum Gasteiger partial charge on any atom is 0.274 e. The van der Waals surface area contributed by atoms with Crippen molar-refractivity contribution in [2.75, 3.05) is 19.0 Å². The highest BCUT2D eigenvalue weighted by atomic mass is 32.1. The molecule has 1 heterocycles. The molecular formula is C30H33N3O5S. The molecule has 1 amide bonds. The molecule has 0 aliphatic heterocycles. The molecule has 39 heavy (non-hydrogen) atoms. The van der Waals surface area contributed by atoms with Gasteiger partial charge in [0.15, 0.2) is 11.5 Å². The monoisotopic (exact) mass is 547 g/mol. The molecule has 204 valence electrons. The van der Waals surface area contributed by atoms with E-state index < -0.39 is 4.92 Å². The zero-order valence-corrected chi connectivity index (χ0v) is 23.4. The molecule has 0 fully saturated rings. The molecule has 0 atom stereocenters. The van der Waals surface area contributed by atoms with Crippen molar-refractivity contribution in [2.24, 2.45) is 4.99 Å². The van der Waals surface area contributed by atoms with Crippen molar-refractivity contribution >= 4 is 39.8 Å². The number of nitrogens with one attached hydrogen (secondary N) is 1. The Morgan fingerprint density at radius 3 is 2.67 bits per heavy atom. The number of nitro groups is 1. The van der Waals surface area contributed by atoms with Crippen LogP contribution >= 0.6 is 11.3 Å². The quantitative estimate of drug-likeness (QED) is 0.129. The van der Waals surface area contributed by atoms with E-state index in [1.165, 1.54) is 41.7 Å². The molecule has 1 aromatic heterocycles. The van der Waals surface area contributed by atoms with Crippen molar-refractivity contribution in [1.29, 1.82) is 0 Å². The molecule has 0 unspecified atom stereocenters. The van der Waals surface area contributed by atoms with E-state index in [0.29, 0.717) is 21.9 Å². The lowest BCUT2D eigenvalue weighted by atomic mass is 9.96. The van der Waals surface area contributed by atoms with Gasteiger partial charge >= 0.3 is 0 Å². The minimum Gasteiger partial charge on any atom is -0.493 e. The van der Waals surface area contributed by atoms with Gasteiger partial charge < -0.3 is 14.8 Å². The third kappa shape index (κ3) is 6.54. The number of hydrogen-bond donors (Lipinski definition) is 1. The number of carbonyl (C=O) groups is 1. The normalized spacial score (nSPS) is 13.3. The Morgan fingerprint density at radius 1 is 1.18 bits per heavy atom. The van der Waals surface area contributed by atoms with Crippen LogP contribution in [-0.2, 0) is 12.8 Å². The van der Waals surface area contributed by atoms with Crippen molar-refractivity contribution in [1.82, 2.24) is 0 Å². The van der Waals surface area contributed by atoms with Gasteiger partial charge in [0.1, 0.15) is 11.6 Å². The van der Waals surface area contributed by atoms with Crippen molar-refractivity contribution in [3.05, 3.63) is 85.8 Å². The third-order valence-corrected chi connectivity index (χ3v) is 7.89. The Kier molecular flexibility index (Phi) is 9.14. The highest BCUT2D eigenvalue weighted by Crippen LogP contribution is 2.40. The molecule has 0 saturated carbocycles. The summed E-state index contributed by atoms with van der Waals surface area (Å²) in [5.41, 5.74) is 4.65. The van der Waals surface area contributed by atoms with Crippen LogP contribution in [0.15, 0.2) is 48.0 Å². The number of methoxy groups -OCH3 is 1. The summed E-state index contributed by atoms with van der Waals surface area (Å²) in [5, 5.41) is 15.3. The smallest absolute Gasteiger partial charge is 0.274 e. The van der Waals surface area contributed by atoms with E-state index >= 15 is 0 Å². The lowest BCUT2D eigenvalue weighted by Crippen LogP contribution is -2.15. The first-order chi connectivity index (χ1) is 18.8. The lowest BCUT2D eigenvalue weighted by molar-refractivity contribution is -0.385. The standard InChI is InChI=1S/C30H33N3O5S/c1-5-14-38-28-21(16-22(33(35)36)17-25(28)37-4)18-31-30-27(23-10-8-6-7-9-11-26(23)39-30)29(34)32-24-15-19(2)12-13-20(24)3/h5,12-13,15-18H,1,6-11,14H2,2-4H3,(H,32,34). The van der Waals surface area contributed by atoms with Gasteiger partial charge in [-0.1, -0.05) is 37.6 Å². The minimum atomic E-state index is -0.489. The van der Waals surface area contributed by atoms with Crippen LogP contribution in [0.25, 0.3) is 0 Å². The number of aliphatic imine (C=N–C) groups is 1. The van der Waals surface area contributed by atoms with Gasteiger partial charge in [-0.3, -0.25) is 14.9 Å². The second-order valence-corrected chi connectivity index (χ2v) is 10.6. The molecule has 1 aliphatic rings. The number of anilines is 1. The predicted molar refractivity (Wildman–Crippen MR) is 157 cm³/mol. The van der Waals surface area contributed by atoms with Gasteiger partial charge in [-0.25, -0.2) is 4.99 Å². The molecule has 3 aromatic rings. The highest BCUT2D eigenvalue weighted by molar-refractivity contribution is 7.16. The topological polar surface area (TPSA) is 103 Å². The Balaban J connectivity index is 1.81. The SMILES string of the molecule is C=CCOc1c(C=Nc2sc3c(c2C(=O)Nc2cc(C)ccc2C)CCCCCC3)cc([N+](=O)[O-])cc1OC. The summed E-state index contributed by atoms with van der Waals surface area (Å²) in [6.45, 7) is 7.82. The number of carbonyl (C=O) groups excluding carboxylic acids is 1. The van der Waals surface area contributed by atoms with E-state index in [1.807, 2.05) is 32.0 Å². The summed E-state index contributed by atoms with van der Waals surface area (Å²) in [6.07, 6.45) is 9.18. The molecule has 0 bridgehead atoms. The fraction of sp³-hybridized carbons (Fsp3) is 0.333. The van der Waals surface area contributed by atoms with Crippen LogP contribution in [0.4, 0.5) is 16.4 Å². The largest absolute Gasteiger partial charge is 0.493 e. The maximum absolute atomic E-state index is 13.8. The van der Waals surface area contributed by atoms with Crippen molar-refractivity contribution in [3.63, 3.8) is 0 Å². The number of fused-ring (bicyclic) bond motifs is 1. The Labute approximate surface area is 232 Å². The average Bonchev–Trinajstić information content (AvgIpc) is 3.24. The molecular weight excluding hydrogens is 514 g/mol. The second kappa shape index (κ2) is 12.7. The first-order valence-corrected chi connectivity index (χ1v) is 13.8. The predicted octanol–water partition coefficient (Wildman–Crippen LogP) is 7.51. The van der Waals surface area contributed by atoms with Crippen LogP contribution in [0.2, 0.25) is 0 Å². The van der Waals surface area contributed by atoms with E-state index in [2.05, 4.69) is 11.9 Å².